The second-order valence-electron chi connectivity index (χ2n) is 6.00. The lowest BCUT2D eigenvalue weighted by molar-refractivity contribution is 0.0729. The van der Waals surface area contributed by atoms with Crippen LogP contribution in [0.25, 0.3) is 0 Å². The first kappa shape index (κ1) is 18.2. The lowest BCUT2D eigenvalue weighted by Gasteiger charge is -2.10. The zero-order valence-corrected chi connectivity index (χ0v) is 15.3. The van der Waals surface area contributed by atoms with E-state index in [0.717, 1.165) is 16.8 Å². The van der Waals surface area contributed by atoms with E-state index in [1.165, 1.54) is 11.8 Å². The molecule has 0 saturated carbocycles. The average molecular weight is 364 g/mol. The number of hydrogen-bond acceptors (Lipinski definition) is 6. The van der Waals surface area contributed by atoms with Gasteiger partial charge in [-0.15, -0.1) is 0 Å². The van der Waals surface area contributed by atoms with Gasteiger partial charge in [0, 0.05) is 0 Å². The van der Waals surface area contributed by atoms with Gasteiger partial charge in [0.2, 0.25) is 5.95 Å². The van der Waals surface area contributed by atoms with E-state index in [1.807, 2.05) is 26.0 Å². The van der Waals surface area contributed by atoms with Gasteiger partial charge in [0.1, 0.15) is 0 Å². The zero-order chi connectivity index (χ0) is 19.4. The molecule has 1 heterocycles. The Morgan fingerprint density at radius 3 is 2.67 bits per heavy atom. The molecule has 0 spiro atoms. The number of methoxy groups -OCH3 is 1. The Bertz CT molecular complexity index is 1010. The van der Waals surface area contributed by atoms with Crippen molar-refractivity contribution in [1.82, 2.24) is 9.66 Å². The molecule has 3 rings (SSSR count). The number of rotatable bonds is 5. The van der Waals surface area contributed by atoms with Crippen molar-refractivity contribution >= 4 is 18.1 Å². The zero-order valence-electron chi connectivity index (χ0n) is 15.3. The highest BCUT2D eigenvalue weighted by Crippen LogP contribution is 2.28. The molecule has 2 N–H and O–H groups in total. The smallest absolute Gasteiger partial charge is 0.343 e. The molecule has 0 amide bonds. The molecule has 0 atom stereocenters. The van der Waals surface area contributed by atoms with Gasteiger partial charge in [0.25, 0.3) is 0 Å². The normalized spacial score (nSPS) is 10.9. The Labute approximate surface area is 157 Å². The molecule has 7 heteroatoms. The van der Waals surface area contributed by atoms with Crippen molar-refractivity contribution in [1.29, 1.82) is 0 Å². The Morgan fingerprint density at radius 2 is 2.00 bits per heavy atom. The number of benzene rings is 2. The van der Waals surface area contributed by atoms with Crippen LogP contribution >= 0.6 is 0 Å². The quantitative estimate of drug-likeness (QED) is 0.426. The fourth-order valence-electron chi connectivity index (χ4n) is 2.50. The Balaban J connectivity index is 1.80. The summed E-state index contributed by atoms with van der Waals surface area (Å²) in [4.78, 5) is 16.4. The van der Waals surface area contributed by atoms with Crippen LogP contribution in [0.15, 0.2) is 53.8 Å². The minimum atomic E-state index is -0.444. The summed E-state index contributed by atoms with van der Waals surface area (Å²) in [7, 11) is 1.51. The average Bonchev–Trinajstić information content (AvgIpc) is 2.98. The van der Waals surface area contributed by atoms with E-state index in [4.69, 9.17) is 15.2 Å². The molecular weight excluding hydrogens is 344 g/mol. The highest BCUT2D eigenvalue weighted by Gasteiger charge is 2.13. The standard InChI is InChI=1S/C20H20N4O3/c1-13-5-4-6-16(9-13)19(25)27-17-8-7-15(10-18(17)26-3)11-22-24-12-14(2)23-20(24)21/h4-12H,1-3H3,(H2,21,23). The van der Waals surface area contributed by atoms with Crippen molar-refractivity contribution in [2.75, 3.05) is 12.8 Å². The molecule has 0 fully saturated rings. The molecule has 1 aromatic heterocycles. The number of nitrogens with two attached hydrogens (primary N) is 1. The van der Waals surface area contributed by atoms with Gasteiger partial charge in [-0.25, -0.2) is 14.5 Å². The fraction of sp³-hybridized carbons (Fsp3) is 0.150. The maximum atomic E-state index is 12.3. The van der Waals surface area contributed by atoms with Crippen LogP contribution in [0.1, 0.15) is 27.2 Å². The highest BCUT2D eigenvalue weighted by molar-refractivity contribution is 5.91. The van der Waals surface area contributed by atoms with Crippen molar-refractivity contribution in [2.24, 2.45) is 5.10 Å². The lowest BCUT2D eigenvalue weighted by Crippen LogP contribution is -2.09. The van der Waals surface area contributed by atoms with Crippen molar-refractivity contribution in [3.05, 3.63) is 71.0 Å². The number of nitrogens with zero attached hydrogens (tertiary/aromatic N) is 3. The third kappa shape index (κ3) is 4.33. The molecule has 138 valence electrons. The van der Waals surface area contributed by atoms with E-state index in [0.29, 0.717) is 23.0 Å². The topological polar surface area (TPSA) is 91.7 Å². The van der Waals surface area contributed by atoms with Crippen molar-refractivity contribution in [3.8, 4) is 11.5 Å². The molecule has 0 aliphatic heterocycles. The molecule has 0 radical (unpaired) electrons. The van der Waals surface area contributed by atoms with Gasteiger partial charge in [-0.05, 0) is 49.7 Å². The number of hydrogen-bond donors (Lipinski definition) is 1. The van der Waals surface area contributed by atoms with Crippen LogP contribution in [-0.4, -0.2) is 29.0 Å². The number of esters is 1. The van der Waals surface area contributed by atoms with Gasteiger partial charge >= 0.3 is 5.97 Å². The SMILES string of the molecule is COc1cc(C=Nn2cc(C)nc2N)ccc1OC(=O)c1cccc(C)c1. The number of anilines is 1. The van der Waals surface area contributed by atoms with Crippen LogP contribution in [0, 0.1) is 13.8 Å². The molecule has 3 aromatic rings. The number of aromatic nitrogens is 2. The summed E-state index contributed by atoms with van der Waals surface area (Å²) in [5, 5.41) is 4.26. The van der Waals surface area contributed by atoms with Crippen molar-refractivity contribution < 1.29 is 14.3 Å². The van der Waals surface area contributed by atoms with Crippen LogP contribution in [0.2, 0.25) is 0 Å². The number of nitrogen functional groups attached to an aromatic ring is 1. The van der Waals surface area contributed by atoms with Gasteiger partial charge in [-0.3, -0.25) is 0 Å². The van der Waals surface area contributed by atoms with E-state index < -0.39 is 5.97 Å². The maximum absolute atomic E-state index is 12.3. The van der Waals surface area contributed by atoms with Gasteiger partial charge < -0.3 is 15.2 Å². The van der Waals surface area contributed by atoms with Gasteiger partial charge in [-0.1, -0.05) is 17.7 Å². The Hall–Kier alpha value is -3.61. The highest BCUT2D eigenvalue weighted by atomic mass is 16.6. The van der Waals surface area contributed by atoms with E-state index in [2.05, 4.69) is 10.1 Å². The number of carbonyl (C=O) groups is 1. The number of imidazole rings is 1. The predicted octanol–water partition coefficient (Wildman–Crippen LogP) is 3.19. The number of ether oxygens (including phenoxy) is 2. The maximum Gasteiger partial charge on any atom is 0.343 e. The molecule has 0 unspecified atom stereocenters. The Kier molecular flexibility index (Phi) is 5.21. The first-order valence-electron chi connectivity index (χ1n) is 8.29. The van der Waals surface area contributed by atoms with Crippen LogP contribution in [0.3, 0.4) is 0 Å². The number of carbonyl (C=O) groups excluding carboxylic acids is 1. The van der Waals surface area contributed by atoms with Crippen LogP contribution < -0.4 is 15.2 Å². The summed E-state index contributed by atoms with van der Waals surface area (Å²) in [6.07, 6.45) is 3.34. The fourth-order valence-corrected chi connectivity index (χ4v) is 2.50. The van der Waals surface area contributed by atoms with Crippen LogP contribution in [0.4, 0.5) is 5.95 Å². The molecule has 27 heavy (non-hydrogen) atoms. The van der Waals surface area contributed by atoms with E-state index in [1.54, 1.807) is 42.7 Å². The summed E-state index contributed by atoms with van der Waals surface area (Å²) >= 11 is 0. The minimum absolute atomic E-state index is 0.305. The molecule has 0 bridgehead atoms. The minimum Gasteiger partial charge on any atom is -0.493 e. The summed E-state index contributed by atoms with van der Waals surface area (Å²) in [5.74, 6) is 0.619. The lowest BCUT2D eigenvalue weighted by atomic mass is 10.1. The van der Waals surface area contributed by atoms with Crippen LogP contribution in [-0.2, 0) is 0 Å². The third-order valence-corrected chi connectivity index (χ3v) is 3.81. The summed E-state index contributed by atoms with van der Waals surface area (Å²) < 4.78 is 12.3. The Morgan fingerprint density at radius 1 is 1.19 bits per heavy atom. The predicted molar refractivity (Wildman–Crippen MR) is 103 cm³/mol. The van der Waals surface area contributed by atoms with Gasteiger partial charge in [0.15, 0.2) is 11.5 Å². The molecule has 0 aliphatic carbocycles. The molecule has 2 aromatic carbocycles. The van der Waals surface area contributed by atoms with E-state index >= 15 is 0 Å². The summed E-state index contributed by atoms with van der Waals surface area (Å²) in [6.45, 7) is 3.75. The van der Waals surface area contributed by atoms with Crippen molar-refractivity contribution in [3.63, 3.8) is 0 Å². The number of aryl methyl sites for hydroxylation is 2. The molecular formula is C20H20N4O3. The van der Waals surface area contributed by atoms with Gasteiger partial charge in [0.05, 0.1) is 30.8 Å². The summed E-state index contributed by atoms with van der Waals surface area (Å²) in [5.41, 5.74) is 8.76. The summed E-state index contributed by atoms with van der Waals surface area (Å²) in [6, 6.07) is 12.4. The van der Waals surface area contributed by atoms with Gasteiger partial charge in [-0.2, -0.15) is 5.10 Å². The first-order valence-corrected chi connectivity index (χ1v) is 8.29. The second-order valence-corrected chi connectivity index (χ2v) is 6.00. The molecule has 0 aliphatic rings. The largest absolute Gasteiger partial charge is 0.493 e. The van der Waals surface area contributed by atoms with Crippen molar-refractivity contribution in [2.45, 2.75) is 13.8 Å². The second kappa shape index (κ2) is 7.74. The molecule has 7 nitrogen and oxygen atoms in total. The van der Waals surface area contributed by atoms with E-state index in [9.17, 15) is 4.79 Å². The monoisotopic (exact) mass is 364 g/mol. The first-order chi connectivity index (χ1) is 13.0. The third-order valence-electron chi connectivity index (χ3n) is 3.81. The van der Waals surface area contributed by atoms with E-state index in [-0.39, 0.29) is 0 Å². The van der Waals surface area contributed by atoms with Crippen LogP contribution in [0.5, 0.6) is 11.5 Å². The molecule has 0 saturated heterocycles.